The van der Waals surface area contributed by atoms with Gasteiger partial charge >= 0.3 is 0 Å². The predicted octanol–water partition coefficient (Wildman–Crippen LogP) is 5.61. The van der Waals surface area contributed by atoms with Gasteiger partial charge in [0.2, 0.25) is 0 Å². The van der Waals surface area contributed by atoms with Gasteiger partial charge in [0.05, 0.1) is 0 Å². The zero-order chi connectivity index (χ0) is 19.7. The van der Waals surface area contributed by atoms with Crippen molar-refractivity contribution >= 4 is 38.4 Å². The summed E-state index contributed by atoms with van der Waals surface area (Å²) in [4.78, 5) is 2.13. The van der Waals surface area contributed by atoms with Gasteiger partial charge < -0.3 is 4.90 Å². The SMILES string of the molecule is CN(C)c1ccc(C(=C2C=CC(=[N+](C)C)C=C2)c2csc3ccccc23)cc1. The molecule has 0 atom stereocenters. The van der Waals surface area contributed by atoms with Gasteiger partial charge in [-0.05, 0) is 52.4 Å². The number of fused-ring (bicyclic) bond motifs is 1. The first kappa shape index (κ1) is 18.5. The van der Waals surface area contributed by atoms with Crippen molar-refractivity contribution in [1.82, 2.24) is 0 Å². The zero-order valence-electron chi connectivity index (χ0n) is 16.8. The van der Waals surface area contributed by atoms with Gasteiger partial charge in [0.15, 0.2) is 5.71 Å². The molecule has 1 aromatic heterocycles. The predicted molar refractivity (Wildman–Crippen MR) is 124 cm³/mol. The number of thiophene rings is 1. The first-order chi connectivity index (χ1) is 13.5. The Labute approximate surface area is 171 Å². The molecular weight excluding hydrogens is 360 g/mol. The lowest BCUT2D eigenvalue weighted by Crippen LogP contribution is -2.10. The molecule has 1 heterocycles. The van der Waals surface area contributed by atoms with Crippen molar-refractivity contribution in [3.63, 3.8) is 0 Å². The van der Waals surface area contributed by atoms with Crippen LogP contribution >= 0.6 is 11.3 Å². The van der Waals surface area contributed by atoms with E-state index >= 15 is 0 Å². The normalized spacial score (nSPS) is 13.3. The summed E-state index contributed by atoms with van der Waals surface area (Å²) in [5.74, 6) is 0. The maximum Gasteiger partial charge on any atom is 0.199 e. The number of allylic oxidation sites excluding steroid dienone is 5. The number of benzene rings is 2. The van der Waals surface area contributed by atoms with E-state index in [-0.39, 0.29) is 0 Å². The fraction of sp³-hybridized carbons (Fsp3) is 0.160. The zero-order valence-corrected chi connectivity index (χ0v) is 17.6. The average molecular weight is 386 g/mol. The van der Waals surface area contributed by atoms with E-state index in [4.69, 9.17) is 0 Å². The van der Waals surface area contributed by atoms with E-state index in [1.807, 2.05) is 11.3 Å². The maximum absolute atomic E-state index is 2.29. The van der Waals surface area contributed by atoms with Crippen LogP contribution in [0.15, 0.2) is 83.8 Å². The van der Waals surface area contributed by atoms with E-state index in [1.54, 1.807) is 0 Å². The van der Waals surface area contributed by atoms with Crippen LogP contribution in [-0.4, -0.2) is 38.5 Å². The molecular formula is C25H25N2S+. The van der Waals surface area contributed by atoms with Gasteiger partial charge in [-0.2, -0.15) is 0 Å². The molecule has 1 aliphatic carbocycles. The highest BCUT2D eigenvalue weighted by Crippen LogP contribution is 2.37. The Hall–Kier alpha value is -2.91. The molecule has 0 spiro atoms. The molecule has 0 saturated heterocycles. The van der Waals surface area contributed by atoms with Crippen molar-refractivity contribution < 1.29 is 4.58 Å². The fourth-order valence-electron chi connectivity index (χ4n) is 3.50. The minimum Gasteiger partial charge on any atom is -0.378 e. The molecule has 0 fully saturated rings. The highest BCUT2D eigenvalue weighted by molar-refractivity contribution is 7.17. The van der Waals surface area contributed by atoms with Crippen molar-refractivity contribution in [2.45, 2.75) is 0 Å². The summed E-state index contributed by atoms with van der Waals surface area (Å²) < 4.78 is 3.46. The van der Waals surface area contributed by atoms with Crippen molar-refractivity contribution in [1.29, 1.82) is 0 Å². The standard InChI is InChI=1S/C25H25N2S/c1-26(2)20-13-9-18(10-14-20)25(19-11-15-21(16-12-19)27(3)4)23-17-28-24-8-6-5-7-22(23)24/h5-17H,1-4H3/q+1. The van der Waals surface area contributed by atoms with E-state index < -0.39 is 0 Å². The van der Waals surface area contributed by atoms with Gasteiger partial charge in [-0.3, -0.25) is 0 Å². The Bertz CT molecular complexity index is 1120. The second kappa shape index (κ2) is 7.61. The number of hydrogen-bond acceptors (Lipinski definition) is 2. The van der Waals surface area contributed by atoms with Crippen LogP contribution in [0.5, 0.6) is 0 Å². The molecule has 1 aliphatic rings. The summed E-state index contributed by atoms with van der Waals surface area (Å²) in [6, 6.07) is 17.5. The Balaban J connectivity index is 1.92. The molecule has 140 valence electrons. The molecule has 3 heteroatoms. The Morgan fingerprint density at radius 2 is 1.54 bits per heavy atom. The molecule has 0 radical (unpaired) electrons. The average Bonchev–Trinajstić information content (AvgIpc) is 3.13. The molecule has 0 aliphatic heterocycles. The first-order valence-corrected chi connectivity index (χ1v) is 10.3. The molecule has 28 heavy (non-hydrogen) atoms. The molecule has 0 N–H and O–H groups in total. The van der Waals surface area contributed by atoms with Crippen molar-refractivity contribution in [2.75, 3.05) is 33.1 Å². The molecule has 0 unspecified atom stereocenters. The van der Waals surface area contributed by atoms with Crippen LogP contribution < -0.4 is 4.90 Å². The summed E-state index contributed by atoms with van der Waals surface area (Å²) in [6.45, 7) is 0. The Kier molecular flexibility index (Phi) is 5.01. The molecule has 2 nitrogen and oxygen atoms in total. The topological polar surface area (TPSA) is 6.25 Å². The summed E-state index contributed by atoms with van der Waals surface area (Å²) in [5, 5.41) is 3.61. The number of rotatable bonds is 3. The largest absolute Gasteiger partial charge is 0.378 e. The van der Waals surface area contributed by atoms with E-state index in [9.17, 15) is 0 Å². The van der Waals surface area contributed by atoms with Crippen LogP contribution in [0.4, 0.5) is 5.69 Å². The summed E-state index contributed by atoms with van der Waals surface area (Å²) in [7, 11) is 8.30. The van der Waals surface area contributed by atoms with Gasteiger partial charge in [-0.15, -0.1) is 11.3 Å². The molecule has 0 amide bonds. The highest BCUT2D eigenvalue weighted by Gasteiger charge is 2.16. The third kappa shape index (κ3) is 3.46. The number of nitrogens with zero attached hydrogens (tertiary/aromatic N) is 2. The summed E-state index contributed by atoms with van der Waals surface area (Å²) >= 11 is 1.81. The first-order valence-electron chi connectivity index (χ1n) is 9.43. The number of hydrogen-bond donors (Lipinski definition) is 0. The van der Waals surface area contributed by atoms with Gasteiger partial charge in [0.1, 0.15) is 14.1 Å². The third-order valence-corrected chi connectivity index (χ3v) is 6.06. The molecule has 0 bridgehead atoms. The maximum atomic E-state index is 2.29. The quantitative estimate of drug-likeness (QED) is 0.531. The van der Waals surface area contributed by atoms with Crippen LogP contribution in [0.3, 0.4) is 0 Å². The van der Waals surface area contributed by atoms with Gasteiger partial charge in [0.25, 0.3) is 0 Å². The smallest absolute Gasteiger partial charge is 0.199 e. The van der Waals surface area contributed by atoms with Crippen LogP contribution in [0, 0.1) is 0 Å². The minimum absolute atomic E-state index is 1.21. The van der Waals surface area contributed by atoms with Gasteiger partial charge in [-0.1, -0.05) is 30.3 Å². The minimum atomic E-state index is 1.21. The van der Waals surface area contributed by atoms with Crippen molar-refractivity contribution in [2.24, 2.45) is 0 Å². The lowest BCUT2D eigenvalue weighted by atomic mass is 9.90. The van der Waals surface area contributed by atoms with Crippen LogP contribution in [-0.2, 0) is 0 Å². The van der Waals surface area contributed by atoms with E-state index in [1.165, 1.54) is 43.8 Å². The lowest BCUT2D eigenvalue weighted by molar-refractivity contribution is -0.462. The molecule has 0 saturated carbocycles. The van der Waals surface area contributed by atoms with Gasteiger partial charge in [-0.25, -0.2) is 4.58 Å². The Morgan fingerprint density at radius 3 is 2.18 bits per heavy atom. The Morgan fingerprint density at radius 1 is 0.857 bits per heavy atom. The highest BCUT2D eigenvalue weighted by atomic mass is 32.1. The second-order valence-corrected chi connectivity index (χ2v) is 8.31. The fourth-order valence-corrected chi connectivity index (χ4v) is 4.45. The monoisotopic (exact) mass is 385 g/mol. The third-order valence-electron chi connectivity index (χ3n) is 5.10. The van der Waals surface area contributed by atoms with E-state index in [0.29, 0.717) is 0 Å². The van der Waals surface area contributed by atoms with Gasteiger partial charge in [0, 0.05) is 47.6 Å². The number of anilines is 1. The molecule has 4 rings (SSSR count). The van der Waals surface area contributed by atoms with Crippen LogP contribution in [0.2, 0.25) is 0 Å². The van der Waals surface area contributed by atoms with Crippen molar-refractivity contribution in [3.05, 3.63) is 94.9 Å². The van der Waals surface area contributed by atoms with E-state index in [2.05, 4.69) is 116 Å². The summed E-state index contributed by atoms with van der Waals surface area (Å²) in [5.41, 5.74) is 7.49. The summed E-state index contributed by atoms with van der Waals surface area (Å²) in [6.07, 6.45) is 8.85. The molecule has 3 aromatic rings. The van der Waals surface area contributed by atoms with Crippen molar-refractivity contribution in [3.8, 4) is 0 Å². The van der Waals surface area contributed by atoms with E-state index in [0.717, 1.165) is 0 Å². The van der Waals surface area contributed by atoms with Crippen LogP contribution in [0.25, 0.3) is 15.7 Å². The molecule has 2 aromatic carbocycles. The second-order valence-electron chi connectivity index (χ2n) is 7.40. The lowest BCUT2D eigenvalue weighted by Gasteiger charge is -2.16. The van der Waals surface area contributed by atoms with Crippen LogP contribution in [0.1, 0.15) is 11.1 Å².